The minimum Gasteiger partial charge on any atom is -0.480 e. The van der Waals surface area contributed by atoms with Gasteiger partial charge in [0, 0.05) is 13.7 Å². The van der Waals surface area contributed by atoms with Crippen LogP contribution < -0.4 is 0 Å². The average Bonchev–Trinajstić information content (AvgIpc) is 2.16. The highest BCUT2D eigenvalue weighted by molar-refractivity contribution is 5.72. The highest BCUT2D eigenvalue weighted by Gasteiger charge is 2.15. The van der Waals surface area contributed by atoms with Gasteiger partial charge in [-0.2, -0.15) is 0 Å². The number of rotatable bonds is 8. The molecule has 0 saturated carbocycles. The van der Waals surface area contributed by atoms with E-state index in [9.17, 15) is 4.79 Å². The summed E-state index contributed by atoms with van der Waals surface area (Å²) in [4.78, 5) is 12.5. The number of methoxy groups -OCH3 is 1. The molecule has 84 valence electrons. The van der Waals surface area contributed by atoms with Crippen molar-refractivity contribution in [2.75, 3.05) is 27.3 Å². The molecule has 0 aromatic heterocycles. The summed E-state index contributed by atoms with van der Waals surface area (Å²) in [5.74, 6) is -0.760. The maximum Gasteiger partial charge on any atom is 0.320 e. The predicted molar refractivity (Wildman–Crippen MR) is 55.5 cm³/mol. The number of hydrogen-bond acceptors (Lipinski definition) is 3. The fourth-order valence-electron chi connectivity index (χ4n) is 1.17. The van der Waals surface area contributed by atoms with Crippen molar-refractivity contribution in [3.63, 3.8) is 0 Å². The molecule has 1 atom stereocenters. The maximum atomic E-state index is 10.6. The first-order chi connectivity index (χ1) is 6.59. The first-order valence-corrected chi connectivity index (χ1v) is 5.01. The quantitative estimate of drug-likeness (QED) is 0.602. The Balaban J connectivity index is 3.43. The Morgan fingerprint density at radius 2 is 2.07 bits per heavy atom. The van der Waals surface area contributed by atoms with Gasteiger partial charge in [-0.15, -0.1) is 0 Å². The Labute approximate surface area is 85.9 Å². The van der Waals surface area contributed by atoms with Gasteiger partial charge in [-0.3, -0.25) is 9.69 Å². The van der Waals surface area contributed by atoms with E-state index in [-0.39, 0.29) is 0 Å². The number of carboxylic acid groups (broad SMARTS) is 1. The number of carbonyl (C=O) groups is 1. The van der Waals surface area contributed by atoms with Crippen LogP contribution in [0.3, 0.4) is 0 Å². The second-order valence-corrected chi connectivity index (χ2v) is 3.55. The fourth-order valence-corrected chi connectivity index (χ4v) is 1.17. The molecule has 14 heavy (non-hydrogen) atoms. The Morgan fingerprint density at radius 3 is 2.57 bits per heavy atom. The zero-order chi connectivity index (χ0) is 11.0. The van der Waals surface area contributed by atoms with Crippen molar-refractivity contribution in [2.24, 2.45) is 0 Å². The van der Waals surface area contributed by atoms with Crippen LogP contribution in [0.1, 0.15) is 26.2 Å². The van der Waals surface area contributed by atoms with Gasteiger partial charge >= 0.3 is 5.97 Å². The van der Waals surface area contributed by atoms with Gasteiger partial charge in [-0.25, -0.2) is 0 Å². The molecule has 0 aromatic carbocycles. The standard InChI is InChI=1S/C10H21NO3/c1-9(10(12)13)11(2)7-5-4-6-8-14-3/h9H,4-8H2,1-3H3,(H,12,13). The summed E-state index contributed by atoms with van der Waals surface area (Å²) in [5.41, 5.74) is 0. The number of aliphatic carboxylic acids is 1. The lowest BCUT2D eigenvalue weighted by atomic mass is 10.2. The van der Waals surface area contributed by atoms with E-state index in [1.54, 1.807) is 14.0 Å². The smallest absolute Gasteiger partial charge is 0.320 e. The first kappa shape index (κ1) is 13.4. The number of ether oxygens (including phenoxy) is 1. The number of unbranched alkanes of at least 4 members (excludes halogenated alkanes) is 2. The number of nitrogens with zero attached hydrogens (tertiary/aromatic N) is 1. The Bertz CT molecular complexity index is 161. The topological polar surface area (TPSA) is 49.8 Å². The van der Waals surface area contributed by atoms with Crippen LogP contribution in [0.25, 0.3) is 0 Å². The third-order valence-electron chi connectivity index (χ3n) is 2.38. The van der Waals surface area contributed by atoms with Crippen molar-refractivity contribution in [2.45, 2.75) is 32.2 Å². The predicted octanol–water partition coefficient (Wildman–Crippen LogP) is 1.21. The summed E-state index contributed by atoms with van der Waals surface area (Å²) in [6.45, 7) is 3.33. The van der Waals surface area contributed by atoms with E-state index < -0.39 is 12.0 Å². The van der Waals surface area contributed by atoms with E-state index in [0.29, 0.717) is 0 Å². The number of hydrogen-bond donors (Lipinski definition) is 1. The van der Waals surface area contributed by atoms with Crippen molar-refractivity contribution in [3.8, 4) is 0 Å². The molecule has 0 saturated heterocycles. The highest BCUT2D eigenvalue weighted by Crippen LogP contribution is 2.01. The SMILES string of the molecule is COCCCCCN(C)C(C)C(=O)O. The zero-order valence-corrected chi connectivity index (χ0v) is 9.32. The van der Waals surface area contributed by atoms with Crippen LogP contribution in [0.2, 0.25) is 0 Å². The van der Waals surface area contributed by atoms with Crippen molar-refractivity contribution in [1.82, 2.24) is 4.90 Å². The Kier molecular flexibility index (Phi) is 7.42. The third kappa shape index (κ3) is 5.94. The summed E-state index contributed by atoms with van der Waals surface area (Å²) >= 11 is 0. The van der Waals surface area contributed by atoms with Crippen LogP contribution in [0.5, 0.6) is 0 Å². The molecule has 0 aliphatic carbocycles. The zero-order valence-electron chi connectivity index (χ0n) is 9.32. The van der Waals surface area contributed by atoms with E-state index in [0.717, 1.165) is 32.4 Å². The molecule has 0 amide bonds. The molecular formula is C10H21NO3. The van der Waals surface area contributed by atoms with Gasteiger partial charge in [-0.1, -0.05) is 0 Å². The van der Waals surface area contributed by atoms with Gasteiger partial charge in [0.2, 0.25) is 0 Å². The van der Waals surface area contributed by atoms with Gasteiger partial charge < -0.3 is 9.84 Å². The van der Waals surface area contributed by atoms with E-state index in [2.05, 4.69) is 0 Å². The molecule has 0 aromatic rings. The van der Waals surface area contributed by atoms with Crippen molar-refractivity contribution >= 4 is 5.97 Å². The van der Waals surface area contributed by atoms with E-state index in [1.807, 2.05) is 11.9 Å². The number of likely N-dealkylation sites (N-methyl/N-ethyl adjacent to an activating group) is 1. The monoisotopic (exact) mass is 203 g/mol. The van der Waals surface area contributed by atoms with E-state index in [4.69, 9.17) is 9.84 Å². The molecule has 0 rings (SSSR count). The third-order valence-corrected chi connectivity index (χ3v) is 2.38. The largest absolute Gasteiger partial charge is 0.480 e. The summed E-state index contributed by atoms with van der Waals surface area (Å²) < 4.78 is 4.93. The summed E-state index contributed by atoms with van der Waals surface area (Å²) in [6.07, 6.45) is 3.16. The first-order valence-electron chi connectivity index (χ1n) is 5.01. The molecule has 0 aliphatic heterocycles. The van der Waals surface area contributed by atoms with E-state index >= 15 is 0 Å². The second kappa shape index (κ2) is 7.76. The lowest BCUT2D eigenvalue weighted by Gasteiger charge is -2.20. The molecule has 0 fully saturated rings. The van der Waals surface area contributed by atoms with Gasteiger partial charge in [0.15, 0.2) is 0 Å². The maximum absolute atomic E-state index is 10.6. The van der Waals surface area contributed by atoms with E-state index in [1.165, 1.54) is 0 Å². The molecule has 4 heteroatoms. The van der Waals surface area contributed by atoms with Crippen LogP contribution in [-0.4, -0.2) is 49.3 Å². The Morgan fingerprint density at radius 1 is 1.43 bits per heavy atom. The Hall–Kier alpha value is -0.610. The van der Waals surface area contributed by atoms with Crippen molar-refractivity contribution < 1.29 is 14.6 Å². The summed E-state index contributed by atoms with van der Waals surface area (Å²) in [5, 5.41) is 8.73. The molecule has 1 unspecified atom stereocenters. The fraction of sp³-hybridized carbons (Fsp3) is 0.900. The van der Waals surface area contributed by atoms with Gasteiger partial charge in [0.05, 0.1) is 0 Å². The summed E-state index contributed by atoms with van der Waals surface area (Å²) in [6, 6.07) is -0.391. The molecule has 4 nitrogen and oxygen atoms in total. The van der Waals surface area contributed by atoms with Crippen LogP contribution in [0.15, 0.2) is 0 Å². The van der Waals surface area contributed by atoms with Crippen LogP contribution in [0, 0.1) is 0 Å². The highest BCUT2D eigenvalue weighted by atomic mass is 16.5. The normalized spacial score (nSPS) is 13.1. The van der Waals surface area contributed by atoms with Gasteiger partial charge in [0.25, 0.3) is 0 Å². The minimum absolute atomic E-state index is 0.391. The van der Waals surface area contributed by atoms with Crippen LogP contribution in [0.4, 0.5) is 0 Å². The molecular weight excluding hydrogens is 182 g/mol. The molecule has 0 aliphatic rings. The second-order valence-electron chi connectivity index (χ2n) is 3.55. The average molecular weight is 203 g/mol. The molecule has 0 bridgehead atoms. The molecule has 1 N–H and O–H groups in total. The lowest BCUT2D eigenvalue weighted by molar-refractivity contribution is -0.142. The minimum atomic E-state index is -0.760. The number of carboxylic acids is 1. The lowest BCUT2D eigenvalue weighted by Crippen LogP contribution is -2.36. The van der Waals surface area contributed by atoms with Gasteiger partial charge in [0.1, 0.15) is 6.04 Å². The van der Waals surface area contributed by atoms with Crippen LogP contribution in [-0.2, 0) is 9.53 Å². The van der Waals surface area contributed by atoms with Crippen molar-refractivity contribution in [1.29, 1.82) is 0 Å². The van der Waals surface area contributed by atoms with Crippen molar-refractivity contribution in [3.05, 3.63) is 0 Å². The molecule has 0 heterocycles. The molecule has 0 spiro atoms. The molecule has 0 radical (unpaired) electrons. The summed E-state index contributed by atoms with van der Waals surface area (Å²) in [7, 11) is 3.54. The van der Waals surface area contributed by atoms with Gasteiger partial charge in [-0.05, 0) is 39.8 Å². The van der Waals surface area contributed by atoms with Crippen LogP contribution >= 0.6 is 0 Å².